The predicted molar refractivity (Wildman–Crippen MR) is 68.7 cm³/mol. The summed E-state index contributed by atoms with van der Waals surface area (Å²) < 4.78 is 1.03. The number of amides is 1. The Morgan fingerprint density at radius 2 is 2.38 bits per heavy atom. The maximum absolute atomic E-state index is 11.9. The third-order valence-electron chi connectivity index (χ3n) is 2.83. The van der Waals surface area contributed by atoms with Crippen LogP contribution in [0.1, 0.15) is 12.0 Å². The Labute approximate surface area is 104 Å². The van der Waals surface area contributed by atoms with Gasteiger partial charge in [-0.25, -0.2) is 0 Å². The number of anilines is 1. The molecule has 1 aromatic carbocycles. The molecule has 16 heavy (non-hydrogen) atoms. The summed E-state index contributed by atoms with van der Waals surface area (Å²) in [5, 5.41) is 3.00. The summed E-state index contributed by atoms with van der Waals surface area (Å²) in [7, 11) is 1.86. The Kier molecular flexibility index (Phi) is 3.61. The first-order chi connectivity index (χ1) is 7.72. The average molecular weight is 283 g/mol. The molecule has 0 aliphatic carbocycles. The molecular formula is C12H15BrN2O. The van der Waals surface area contributed by atoms with E-state index < -0.39 is 0 Å². The predicted octanol–water partition coefficient (Wildman–Crippen LogP) is 1.95. The summed E-state index contributed by atoms with van der Waals surface area (Å²) in [6.07, 6.45) is 1.52. The van der Waals surface area contributed by atoms with Crippen LogP contribution in [-0.4, -0.2) is 26.0 Å². The van der Waals surface area contributed by atoms with Gasteiger partial charge in [0.15, 0.2) is 0 Å². The maximum atomic E-state index is 11.9. The first-order valence-electron chi connectivity index (χ1n) is 5.46. The lowest BCUT2D eigenvalue weighted by atomic mass is 10.2. The lowest BCUT2D eigenvalue weighted by Gasteiger charge is -2.17. The van der Waals surface area contributed by atoms with Gasteiger partial charge in [-0.2, -0.15) is 0 Å². The zero-order valence-corrected chi connectivity index (χ0v) is 10.9. The van der Waals surface area contributed by atoms with E-state index in [2.05, 4.69) is 27.3 Å². The van der Waals surface area contributed by atoms with Crippen molar-refractivity contribution in [2.24, 2.45) is 0 Å². The fraction of sp³-hybridized carbons (Fsp3) is 0.417. The van der Waals surface area contributed by atoms with E-state index in [-0.39, 0.29) is 5.91 Å². The normalized spacial score (nSPS) is 14.0. The van der Waals surface area contributed by atoms with Gasteiger partial charge in [-0.1, -0.05) is 22.0 Å². The second-order valence-electron chi connectivity index (χ2n) is 3.92. The highest BCUT2D eigenvalue weighted by Crippen LogP contribution is 2.31. The third-order valence-corrected chi connectivity index (χ3v) is 3.33. The second-order valence-corrected chi connectivity index (χ2v) is 4.84. The smallest absolute Gasteiger partial charge is 0.228 e. The van der Waals surface area contributed by atoms with Gasteiger partial charge in [0, 0.05) is 29.7 Å². The van der Waals surface area contributed by atoms with E-state index in [1.54, 1.807) is 0 Å². The quantitative estimate of drug-likeness (QED) is 0.919. The summed E-state index contributed by atoms with van der Waals surface area (Å²) >= 11 is 3.44. The Morgan fingerprint density at radius 1 is 1.56 bits per heavy atom. The molecule has 0 bridgehead atoms. The van der Waals surface area contributed by atoms with Crippen LogP contribution < -0.4 is 10.2 Å². The van der Waals surface area contributed by atoms with Gasteiger partial charge in [-0.15, -0.1) is 0 Å². The van der Waals surface area contributed by atoms with E-state index in [9.17, 15) is 4.79 Å². The summed E-state index contributed by atoms with van der Waals surface area (Å²) in [6.45, 7) is 1.55. The molecule has 2 rings (SSSR count). The number of halogens is 1. The molecule has 0 unspecified atom stereocenters. The minimum Gasteiger partial charge on any atom is -0.319 e. The van der Waals surface area contributed by atoms with Crippen molar-refractivity contribution in [2.45, 2.75) is 12.8 Å². The van der Waals surface area contributed by atoms with Crippen molar-refractivity contribution in [1.29, 1.82) is 0 Å². The van der Waals surface area contributed by atoms with Crippen molar-refractivity contribution in [3.63, 3.8) is 0 Å². The van der Waals surface area contributed by atoms with Gasteiger partial charge in [-0.05, 0) is 31.2 Å². The fourth-order valence-electron chi connectivity index (χ4n) is 1.98. The summed E-state index contributed by atoms with van der Waals surface area (Å²) in [5.41, 5.74) is 2.33. The molecule has 86 valence electrons. The highest BCUT2D eigenvalue weighted by molar-refractivity contribution is 9.10. The van der Waals surface area contributed by atoms with Crippen molar-refractivity contribution in [3.05, 3.63) is 28.2 Å². The lowest BCUT2D eigenvalue weighted by molar-refractivity contribution is -0.118. The van der Waals surface area contributed by atoms with Crippen LogP contribution in [-0.2, 0) is 11.2 Å². The van der Waals surface area contributed by atoms with Gasteiger partial charge in [0.2, 0.25) is 5.91 Å². The number of carbonyl (C=O) groups excluding carboxylic acids is 1. The summed E-state index contributed by atoms with van der Waals surface area (Å²) in [6, 6.07) is 6.14. The van der Waals surface area contributed by atoms with E-state index in [1.165, 1.54) is 5.56 Å². The van der Waals surface area contributed by atoms with Crippen LogP contribution in [0, 0.1) is 0 Å². The van der Waals surface area contributed by atoms with E-state index >= 15 is 0 Å². The van der Waals surface area contributed by atoms with E-state index in [0.717, 1.165) is 29.7 Å². The first-order valence-corrected chi connectivity index (χ1v) is 6.25. The average Bonchev–Trinajstić information content (AvgIpc) is 2.68. The summed E-state index contributed by atoms with van der Waals surface area (Å²) in [5.74, 6) is 0.200. The minimum atomic E-state index is 0.200. The molecule has 1 aliphatic rings. The fourth-order valence-corrected chi connectivity index (χ4v) is 2.33. The molecule has 4 heteroatoms. The van der Waals surface area contributed by atoms with Crippen LogP contribution in [0.25, 0.3) is 0 Å². The van der Waals surface area contributed by atoms with Crippen molar-refractivity contribution < 1.29 is 4.79 Å². The Balaban J connectivity index is 2.16. The molecule has 3 nitrogen and oxygen atoms in total. The van der Waals surface area contributed by atoms with Crippen LogP contribution in [0.15, 0.2) is 22.7 Å². The molecule has 1 aromatic rings. The molecule has 0 aromatic heterocycles. The number of nitrogens with one attached hydrogen (secondary N) is 1. The number of rotatable bonds is 3. The topological polar surface area (TPSA) is 32.3 Å². The van der Waals surface area contributed by atoms with Gasteiger partial charge >= 0.3 is 0 Å². The minimum absolute atomic E-state index is 0.200. The first kappa shape index (κ1) is 11.6. The standard InChI is InChI=1S/C12H15BrN2O/c1-14-6-4-12(16)15-7-5-9-2-3-10(13)8-11(9)15/h2-3,8,14H,4-7H2,1H3. The zero-order chi connectivity index (χ0) is 11.5. The lowest BCUT2D eigenvalue weighted by Crippen LogP contribution is -2.31. The van der Waals surface area contributed by atoms with Crippen LogP contribution in [0.5, 0.6) is 0 Å². The van der Waals surface area contributed by atoms with Gasteiger partial charge in [-0.3, -0.25) is 4.79 Å². The molecule has 0 radical (unpaired) electrons. The van der Waals surface area contributed by atoms with Crippen molar-refractivity contribution >= 4 is 27.5 Å². The number of hydrogen-bond donors (Lipinski definition) is 1. The molecule has 0 atom stereocenters. The number of hydrogen-bond acceptors (Lipinski definition) is 2. The van der Waals surface area contributed by atoms with E-state index in [0.29, 0.717) is 6.42 Å². The number of carbonyl (C=O) groups is 1. The van der Waals surface area contributed by atoms with Crippen LogP contribution in [0.2, 0.25) is 0 Å². The van der Waals surface area contributed by atoms with Crippen LogP contribution >= 0.6 is 15.9 Å². The van der Waals surface area contributed by atoms with E-state index in [1.807, 2.05) is 24.1 Å². The van der Waals surface area contributed by atoms with Gasteiger partial charge in [0.1, 0.15) is 0 Å². The second kappa shape index (κ2) is 4.97. The van der Waals surface area contributed by atoms with Crippen molar-refractivity contribution in [2.75, 3.05) is 25.0 Å². The zero-order valence-electron chi connectivity index (χ0n) is 9.29. The number of fused-ring (bicyclic) bond motifs is 1. The van der Waals surface area contributed by atoms with Crippen LogP contribution in [0.4, 0.5) is 5.69 Å². The molecule has 1 amide bonds. The van der Waals surface area contributed by atoms with Crippen molar-refractivity contribution in [1.82, 2.24) is 5.32 Å². The highest BCUT2D eigenvalue weighted by atomic mass is 79.9. The largest absolute Gasteiger partial charge is 0.319 e. The summed E-state index contributed by atoms with van der Waals surface area (Å²) in [4.78, 5) is 13.8. The van der Waals surface area contributed by atoms with Gasteiger partial charge < -0.3 is 10.2 Å². The molecule has 0 spiro atoms. The van der Waals surface area contributed by atoms with Gasteiger partial charge in [0.25, 0.3) is 0 Å². The SMILES string of the molecule is CNCCC(=O)N1CCc2ccc(Br)cc21. The van der Waals surface area contributed by atoms with E-state index in [4.69, 9.17) is 0 Å². The third kappa shape index (κ3) is 2.28. The number of nitrogens with zero attached hydrogens (tertiary/aromatic N) is 1. The molecule has 0 saturated heterocycles. The molecule has 1 aliphatic heterocycles. The van der Waals surface area contributed by atoms with Crippen molar-refractivity contribution in [3.8, 4) is 0 Å². The van der Waals surface area contributed by atoms with Crippen LogP contribution in [0.3, 0.4) is 0 Å². The molecule has 0 saturated carbocycles. The monoisotopic (exact) mass is 282 g/mol. The molecular weight excluding hydrogens is 268 g/mol. The Hall–Kier alpha value is -0.870. The number of benzene rings is 1. The Bertz CT molecular complexity index is 406. The van der Waals surface area contributed by atoms with Gasteiger partial charge in [0.05, 0.1) is 0 Å². The highest BCUT2D eigenvalue weighted by Gasteiger charge is 2.23. The molecule has 1 N–H and O–H groups in total. The Morgan fingerprint density at radius 3 is 3.12 bits per heavy atom. The maximum Gasteiger partial charge on any atom is 0.228 e. The molecule has 1 heterocycles. The molecule has 0 fully saturated rings.